The van der Waals surface area contributed by atoms with Crippen LogP contribution in [0.4, 0.5) is 0 Å². The van der Waals surface area contributed by atoms with Crippen molar-refractivity contribution in [2.24, 2.45) is 0 Å². The molecule has 4 nitrogen and oxygen atoms in total. The molecule has 0 fully saturated rings. The Morgan fingerprint density at radius 2 is 1.57 bits per heavy atom. The molecule has 3 aromatic carbocycles. The van der Waals surface area contributed by atoms with Crippen molar-refractivity contribution in [1.82, 2.24) is 5.32 Å². The standard InChI is InChI=1S/C22H17Cl2NO3/c23-19-8-4-1-5-14(19)11-12-25-21(26)18-13-15(9-10-20(18)24)16-6-2-3-7-17(16)22(27)28/h1-10,13H,11-12H2,(H,25,26)(H,27,28). The topological polar surface area (TPSA) is 66.4 Å². The molecule has 3 rings (SSSR count). The quantitative estimate of drug-likeness (QED) is 0.573. The second-order valence-corrected chi connectivity index (χ2v) is 6.96. The first-order valence-corrected chi connectivity index (χ1v) is 9.37. The number of carbonyl (C=O) groups excluding carboxylic acids is 1. The highest BCUT2D eigenvalue weighted by atomic mass is 35.5. The maximum Gasteiger partial charge on any atom is 0.336 e. The fourth-order valence-electron chi connectivity index (χ4n) is 2.90. The summed E-state index contributed by atoms with van der Waals surface area (Å²) in [4.78, 5) is 24.1. The van der Waals surface area contributed by atoms with Crippen LogP contribution in [0.3, 0.4) is 0 Å². The van der Waals surface area contributed by atoms with Crippen molar-refractivity contribution in [3.8, 4) is 11.1 Å². The molecular formula is C22H17Cl2NO3. The maximum absolute atomic E-state index is 12.6. The van der Waals surface area contributed by atoms with Crippen molar-refractivity contribution >= 4 is 35.1 Å². The number of hydrogen-bond donors (Lipinski definition) is 2. The number of carboxylic acid groups (broad SMARTS) is 1. The predicted molar refractivity (Wildman–Crippen MR) is 111 cm³/mol. The molecule has 3 aromatic rings. The molecule has 1 amide bonds. The zero-order valence-electron chi connectivity index (χ0n) is 14.8. The van der Waals surface area contributed by atoms with E-state index < -0.39 is 5.97 Å². The maximum atomic E-state index is 12.6. The van der Waals surface area contributed by atoms with Crippen LogP contribution in [0.25, 0.3) is 11.1 Å². The second kappa shape index (κ2) is 8.91. The molecule has 0 atom stereocenters. The normalized spacial score (nSPS) is 10.5. The predicted octanol–water partition coefficient (Wildman–Crippen LogP) is 5.33. The Labute approximate surface area is 172 Å². The molecule has 0 bridgehead atoms. The Bertz CT molecular complexity index is 1030. The van der Waals surface area contributed by atoms with Crippen LogP contribution in [0.5, 0.6) is 0 Å². The molecule has 0 unspecified atom stereocenters. The van der Waals surface area contributed by atoms with Gasteiger partial charge in [-0.25, -0.2) is 4.79 Å². The minimum absolute atomic E-state index is 0.162. The molecule has 0 aliphatic rings. The summed E-state index contributed by atoms with van der Waals surface area (Å²) in [5.41, 5.74) is 2.53. The van der Waals surface area contributed by atoms with Crippen LogP contribution in [0.15, 0.2) is 66.7 Å². The molecule has 142 valence electrons. The van der Waals surface area contributed by atoms with Crippen molar-refractivity contribution < 1.29 is 14.7 Å². The summed E-state index contributed by atoms with van der Waals surface area (Å²) in [7, 11) is 0. The molecule has 0 heterocycles. The first-order chi connectivity index (χ1) is 13.5. The van der Waals surface area contributed by atoms with E-state index in [0.717, 1.165) is 5.56 Å². The molecule has 28 heavy (non-hydrogen) atoms. The minimum Gasteiger partial charge on any atom is -0.478 e. The van der Waals surface area contributed by atoms with E-state index in [0.29, 0.717) is 39.7 Å². The number of amides is 1. The van der Waals surface area contributed by atoms with Gasteiger partial charge in [0.05, 0.1) is 16.1 Å². The number of hydrogen-bond acceptors (Lipinski definition) is 2. The van der Waals surface area contributed by atoms with Crippen LogP contribution in [0.2, 0.25) is 10.0 Å². The van der Waals surface area contributed by atoms with Gasteiger partial charge in [-0.2, -0.15) is 0 Å². The van der Waals surface area contributed by atoms with Gasteiger partial charge in [0, 0.05) is 11.6 Å². The Balaban J connectivity index is 1.79. The molecule has 0 spiro atoms. The highest BCUT2D eigenvalue weighted by molar-refractivity contribution is 6.34. The second-order valence-electron chi connectivity index (χ2n) is 6.14. The molecular weight excluding hydrogens is 397 g/mol. The molecule has 0 saturated carbocycles. The van der Waals surface area contributed by atoms with Gasteiger partial charge in [0.2, 0.25) is 0 Å². The first kappa shape index (κ1) is 19.9. The summed E-state index contributed by atoms with van der Waals surface area (Å²) >= 11 is 12.3. The highest BCUT2D eigenvalue weighted by Crippen LogP contribution is 2.28. The van der Waals surface area contributed by atoms with Crippen molar-refractivity contribution in [3.63, 3.8) is 0 Å². The van der Waals surface area contributed by atoms with E-state index in [2.05, 4.69) is 5.32 Å². The Hall–Kier alpha value is -2.82. The number of carboxylic acids is 1. The summed E-state index contributed by atoms with van der Waals surface area (Å²) in [5.74, 6) is -1.36. The van der Waals surface area contributed by atoms with Gasteiger partial charge in [0.1, 0.15) is 0 Å². The van der Waals surface area contributed by atoms with Crippen LogP contribution in [0.1, 0.15) is 26.3 Å². The van der Waals surface area contributed by atoms with Gasteiger partial charge in [-0.05, 0) is 47.4 Å². The van der Waals surface area contributed by atoms with Crippen molar-refractivity contribution in [1.29, 1.82) is 0 Å². The summed E-state index contributed by atoms with van der Waals surface area (Å²) in [5, 5.41) is 13.2. The smallest absolute Gasteiger partial charge is 0.336 e. The Kier molecular flexibility index (Phi) is 6.34. The van der Waals surface area contributed by atoms with Crippen LogP contribution in [-0.2, 0) is 6.42 Å². The third-order valence-electron chi connectivity index (χ3n) is 4.32. The monoisotopic (exact) mass is 413 g/mol. The van der Waals surface area contributed by atoms with Crippen LogP contribution in [-0.4, -0.2) is 23.5 Å². The van der Waals surface area contributed by atoms with E-state index in [1.165, 1.54) is 6.07 Å². The lowest BCUT2D eigenvalue weighted by Crippen LogP contribution is -2.26. The van der Waals surface area contributed by atoms with Gasteiger partial charge in [-0.1, -0.05) is 65.7 Å². The zero-order valence-corrected chi connectivity index (χ0v) is 16.3. The molecule has 6 heteroatoms. The Morgan fingerprint density at radius 3 is 2.32 bits per heavy atom. The third-order valence-corrected chi connectivity index (χ3v) is 5.02. The van der Waals surface area contributed by atoms with Crippen molar-refractivity contribution in [3.05, 3.63) is 93.5 Å². The molecule has 0 saturated heterocycles. The van der Waals surface area contributed by atoms with Gasteiger partial charge >= 0.3 is 5.97 Å². The van der Waals surface area contributed by atoms with E-state index in [4.69, 9.17) is 23.2 Å². The first-order valence-electron chi connectivity index (χ1n) is 8.61. The molecule has 2 N–H and O–H groups in total. The fraction of sp³-hybridized carbons (Fsp3) is 0.0909. The summed E-state index contributed by atoms with van der Waals surface area (Å²) in [6.45, 7) is 0.398. The number of halogens is 2. The van der Waals surface area contributed by atoms with Gasteiger partial charge in [0.25, 0.3) is 5.91 Å². The molecule has 0 aliphatic heterocycles. The lowest BCUT2D eigenvalue weighted by Gasteiger charge is -2.11. The van der Waals surface area contributed by atoms with Gasteiger partial charge in [0.15, 0.2) is 0 Å². The number of carbonyl (C=O) groups is 2. The van der Waals surface area contributed by atoms with Crippen molar-refractivity contribution in [2.45, 2.75) is 6.42 Å². The summed E-state index contributed by atoms with van der Waals surface area (Å²) < 4.78 is 0. The highest BCUT2D eigenvalue weighted by Gasteiger charge is 2.15. The van der Waals surface area contributed by atoms with Crippen LogP contribution in [0, 0.1) is 0 Å². The van der Waals surface area contributed by atoms with E-state index in [1.54, 1.807) is 42.5 Å². The summed E-state index contributed by atoms with van der Waals surface area (Å²) in [6, 6.07) is 19.0. The van der Waals surface area contributed by atoms with Gasteiger partial charge < -0.3 is 10.4 Å². The van der Waals surface area contributed by atoms with Crippen LogP contribution < -0.4 is 5.32 Å². The Morgan fingerprint density at radius 1 is 0.857 bits per heavy atom. The van der Waals surface area contributed by atoms with Crippen molar-refractivity contribution in [2.75, 3.05) is 6.54 Å². The molecule has 0 aliphatic carbocycles. The number of benzene rings is 3. The molecule has 0 radical (unpaired) electrons. The summed E-state index contributed by atoms with van der Waals surface area (Å²) in [6.07, 6.45) is 0.588. The third kappa shape index (κ3) is 4.53. The largest absolute Gasteiger partial charge is 0.478 e. The minimum atomic E-state index is -1.03. The van der Waals surface area contributed by atoms with E-state index in [-0.39, 0.29) is 11.5 Å². The average molecular weight is 414 g/mol. The van der Waals surface area contributed by atoms with E-state index in [1.807, 2.05) is 18.2 Å². The average Bonchev–Trinajstić information content (AvgIpc) is 2.69. The number of nitrogens with one attached hydrogen (secondary N) is 1. The lowest BCUT2D eigenvalue weighted by molar-refractivity contribution is 0.0697. The fourth-order valence-corrected chi connectivity index (χ4v) is 3.33. The van der Waals surface area contributed by atoms with Crippen LogP contribution >= 0.6 is 23.2 Å². The zero-order chi connectivity index (χ0) is 20.1. The number of rotatable bonds is 6. The van der Waals surface area contributed by atoms with Gasteiger partial charge in [-0.3, -0.25) is 4.79 Å². The SMILES string of the molecule is O=C(NCCc1ccccc1Cl)c1cc(-c2ccccc2C(=O)O)ccc1Cl. The van der Waals surface area contributed by atoms with E-state index >= 15 is 0 Å². The number of aromatic carboxylic acids is 1. The van der Waals surface area contributed by atoms with Gasteiger partial charge in [-0.15, -0.1) is 0 Å². The van der Waals surface area contributed by atoms with E-state index in [9.17, 15) is 14.7 Å². The molecule has 0 aromatic heterocycles. The lowest BCUT2D eigenvalue weighted by atomic mass is 9.98.